The van der Waals surface area contributed by atoms with Crippen molar-refractivity contribution in [3.63, 3.8) is 0 Å². The molecule has 2 aromatic rings. The van der Waals surface area contributed by atoms with Gasteiger partial charge in [-0.3, -0.25) is 0 Å². The van der Waals surface area contributed by atoms with Gasteiger partial charge in [-0.25, -0.2) is 0 Å². The van der Waals surface area contributed by atoms with Crippen LogP contribution in [-0.4, -0.2) is 41.6 Å². The molecule has 0 aliphatic carbocycles. The average molecular weight is 481 g/mol. The van der Waals surface area contributed by atoms with Crippen LogP contribution in [0.15, 0.2) is 36.4 Å². The molecular formula is C22H24O8S2. The predicted molar refractivity (Wildman–Crippen MR) is 120 cm³/mol. The Bertz CT molecular complexity index is 1310. The maximum Gasteiger partial charge on any atom is 0.306 e. The Balaban J connectivity index is 1.68. The number of hydrogen-bond donors (Lipinski definition) is 0. The van der Waals surface area contributed by atoms with Crippen molar-refractivity contribution in [2.45, 2.75) is 31.8 Å². The van der Waals surface area contributed by atoms with Gasteiger partial charge in [0.2, 0.25) is 0 Å². The summed E-state index contributed by atoms with van der Waals surface area (Å²) in [5, 5.41) is 0. The lowest BCUT2D eigenvalue weighted by Crippen LogP contribution is -2.28. The molecule has 2 heterocycles. The molecule has 0 radical (unpaired) electrons. The van der Waals surface area contributed by atoms with Crippen LogP contribution in [0, 0.1) is 0 Å². The summed E-state index contributed by atoms with van der Waals surface area (Å²) >= 11 is 0. The first-order valence-electron chi connectivity index (χ1n) is 9.89. The van der Waals surface area contributed by atoms with Crippen molar-refractivity contribution in [1.82, 2.24) is 0 Å². The van der Waals surface area contributed by atoms with Crippen LogP contribution in [-0.2, 0) is 26.7 Å². The van der Waals surface area contributed by atoms with Crippen molar-refractivity contribution < 1.29 is 34.7 Å². The highest BCUT2D eigenvalue weighted by atomic mass is 32.2. The Labute approximate surface area is 188 Å². The zero-order chi connectivity index (χ0) is 23.3. The third-order valence-electron chi connectivity index (χ3n) is 5.07. The van der Waals surface area contributed by atoms with Crippen LogP contribution < -0.4 is 17.8 Å². The van der Waals surface area contributed by atoms with Crippen molar-refractivity contribution in [2.75, 3.05) is 19.1 Å². The van der Waals surface area contributed by atoms with Gasteiger partial charge in [-0.05, 0) is 50.1 Å². The molecule has 0 spiro atoms. The molecule has 10 heteroatoms. The topological polar surface area (TPSA) is 105 Å². The second kappa shape index (κ2) is 7.70. The molecular weight excluding hydrogens is 456 g/mol. The smallest absolute Gasteiger partial charge is 0.306 e. The molecule has 0 saturated carbocycles. The van der Waals surface area contributed by atoms with E-state index in [-0.39, 0.29) is 24.0 Å². The molecule has 172 valence electrons. The van der Waals surface area contributed by atoms with E-state index in [4.69, 9.17) is 17.8 Å². The second-order valence-electron chi connectivity index (χ2n) is 8.49. The minimum Gasteiger partial charge on any atom is -0.492 e. The zero-order valence-electron chi connectivity index (χ0n) is 18.1. The van der Waals surface area contributed by atoms with Gasteiger partial charge in [0.15, 0.2) is 0 Å². The molecule has 8 nitrogen and oxygen atoms in total. The molecule has 1 unspecified atom stereocenters. The summed E-state index contributed by atoms with van der Waals surface area (Å²) in [6.45, 7) is 4.24. The maximum atomic E-state index is 11.8. The van der Waals surface area contributed by atoms with Crippen molar-refractivity contribution >= 4 is 26.3 Å². The standard InChI is InChI=1S/C22H24O8S2/c1-22(2)10-9-18-19(28-22)8-5-14-11-15(13-27-21(14)18)17-7-6-16(29-31(3,23)24)12-20(17)30-32(4,25)26/h5-10,12,15H,11,13H2,1-4H3. The number of ether oxygens (including phenoxy) is 2. The fourth-order valence-electron chi connectivity index (χ4n) is 3.83. The van der Waals surface area contributed by atoms with E-state index in [9.17, 15) is 16.8 Å². The van der Waals surface area contributed by atoms with E-state index in [1.165, 1.54) is 12.1 Å². The van der Waals surface area contributed by atoms with Crippen LogP contribution in [0.5, 0.6) is 23.0 Å². The van der Waals surface area contributed by atoms with E-state index in [2.05, 4.69) is 0 Å². The lowest BCUT2D eigenvalue weighted by atomic mass is 9.88. The molecule has 0 fully saturated rings. The van der Waals surface area contributed by atoms with Crippen LogP contribution in [0.2, 0.25) is 0 Å². The highest BCUT2D eigenvalue weighted by Gasteiger charge is 2.30. The summed E-state index contributed by atoms with van der Waals surface area (Å²) in [7, 11) is -7.63. The Kier molecular flexibility index (Phi) is 5.41. The summed E-state index contributed by atoms with van der Waals surface area (Å²) < 4.78 is 68.7. The quantitative estimate of drug-likeness (QED) is 0.601. The zero-order valence-corrected chi connectivity index (χ0v) is 19.7. The van der Waals surface area contributed by atoms with Crippen LogP contribution in [0.4, 0.5) is 0 Å². The van der Waals surface area contributed by atoms with E-state index >= 15 is 0 Å². The first-order chi connectivity index (χ1) is 14.8. The van der Waals surface area contributed by atoms with Crippen LogP contribution in [0.3, 0.4) is 0 Å². The minimum atomic E-state index is -3.85. The van der Waals surface area contributed by atoms with E-state index in [1.54, 1.807) is 6.07 Å². The summed E-state index contributed by atoms with van der Waals surface area (Å²) in [5.74, 6) is 1.25. The van der Waals surface area contributed by atoms with Gasteiger partial charge in [-0.1, -0.05) is 12.1 Å². The van der Waals surface area contributed by atoms with Gasteiger partial charge < -0.3 is 17.8 Å². The number of rotatable bonds is 5. The van der Waals surface area contributed by atoms with Crippen molar-refractivity contribution in [3.05, 3.63) is 53.1 Å². The van der Waals surface area contributed by atoms with E-state index < -0.39 is 25.8 Å². The van der Waals surface area contributed by atoms with Gasteiger partial charge in [0.1, 0.15) is 28.6 Å². The fourth-order valence-corrected chi connectivity index (χ4v) is 4.75. The Hall–Kier alpha value is -2.72. The van der Waals surface area contributed by atoms with E-state index in [0.29, 0.717) is 12.0 Å². The van der Waals surface area contributed by atoms with E-state index in [0.717, 1.165) is 35.1 Å². The predicted octanol–water partition coefficient (Wildman–Crippen LogP) is 3.27. The summed E-state index contributed by atoms with van der Waals surface area (Å²) in [5.41, 5.74) is 2.01. The summed E-state index contributed by atoms with van der Waals surface area (Å²) in [6, 6.07) is 8.17. The number of hydrogen-bond acceptors (Lipinski definition) is 8. The summed E-state index contributed by atoms with van der Waals surface area (Å²) in [6.07, 6.45) is 6.38. The van der Waals surface area contributed by atoms with Crippen molar-refractivity contribution in [1.29, 1.82) is 0 Å². The maximum absolute atomic E-state index is 11.8. The third kappa shape index (κ3) is 5.02. The van der Waals surface area contributed by atoms with Gasteiger partial charge in [0, 0.05) is 17.5 Å². The molecule has 0 N–H and O–H groups in total. The summed E-state index contributed by atoms with van der Waals surface area (Å²) in [4.78, 5) is 0. The molecule has 0 bridgehead atoms. The Morgan fingerprint density at radius 1 is 1.00 bits per heavy atom. The van der Waals surface area contributed by atoms with Gasteiger partial charge in [-0.2, -0.15) is 16.8 Å². The van der Waals surface area contributed by atoms with Crippen LogP contribution >= 0.6 is 0 Å². The molecule has 0 saturated heterocycles. The second-order valence-corrected chi connectivity index (χ2v) is 11.6. The molecule has 0 amide bonds. The Morgan fingerprint density at radius 3 is 2.41 bits per heavy atom. The fraction of sp³-hybridized carbons (Fsp3) is 0.364. The van der Waals surface area contributed by atoms with E-state index in [1.807, 2.05) is 38.1 Å². The van der Waals surface area contributed by atoms with Gasteiger partial charge in [-0.15, -0.1) is 0 Å². The van der Waals surface area contributed by atoms with Gasteiger partial charge in [0.05, 0.1) is 24.7 Å². The number of benzene rings is 2. The molecule has 4 rings (SSSR count). The lowest BCUT2D eigenvalue weighted by Gasteiger charge is -2.32. The van der Waals surface area contributed by atoms with Crippen LogP contribution in [0.1, 0.15) is 36.5 Å². The first kappa shape index (κ1) is 22.5. The van der Waals surface area contributed by atoms with Crippen molar-refractivity contribution in [2.24, 2.45) is 0 Å². The van der Waals surface area contributed by atoms with Crippen molar-refractivity contribution in [3.8, 4) is 23.0 Å². The highest BCUT2D eigenvalue weighted by molar-refractivity contribution is 7.86. The van der Waals surface area contributed by atoms with Gasteiger partial charge in [0.25, 0.3) is 0 Å². The largest absolute Gasteiger partial charge is 0.492 e. The Morgan fingerprint density at radius 2 is 1.72 bits per heavy atom. The minimum absolute atomic E-state index is 0.00800. The highest BCUT2D eigenvalue weighted by Crippen LogP contribution is 2.44. The lowest BCUT2D eigenvalue weighted by molar-refractivity contribution is 0.157. The molecule has 2 aromatic carbocycles. The monoisotopic (exact) mass is 480 g/mol. The third-order valence-corrected chi connectivity index (χ3v) is 6.05. The molecule has 0 aromatic heterocycles. The molecule has 2 aliphatic heterocycles. The number of fused-ring (bicyclic) bond motifs is 3. The average Bonchev–Trinajstić information content (AvgIpc) is 2.64. The molecule has 1 atom stereocenters. The van der Waals surface area contributed by atoms with Crippen LogP contribution in [0.25, 0.3) is 6.08 Å². The SMILES string of the molecule is CC1(C)C=Cc2c(ccc3c2OCC(c2ccc(OS(C)(=O)=O)cc2OS(C)(=O)=O)C3)O1. The molecule has 32 heavy (non-hydrogen) atoms. The first-order valence-corrected chi connectivity index (χ1v) is 13.5. The van der Waals surface area contributed by atoms with Gasteiger partial charge >= 0.3 is 20.2 Å². The molecule has 2 aliphatic rings. The normalized spacial score (nSPS) is 19.2.